The summed E-state index contributed by atoms with van der Waals surface area (Å²) in [5, 5.41) is 13.9. The molecule has 1 aromatic carbocycles. The van der Waals surface area contributed by atoms with E-state index in [1.165, 1.54) is 0 Å². The summed E-state index contributed by atoms with van der Waals surface area (Å²) in [6.07, 6.45) is -0.292. The van der Waals surface area contributed by atoms with E-state index >= 15 is 0 Å². The van der Waals surface area contributed by atoms with Gasteiger partial charge in [0.1, 0.15) is 0 Å². The summed E-state index contributed by atoms with van der Waals surface area (Å²) in [4.78, 5) is 33.7. The number of hydrogen-bond donors (Lipinski definition) is 3. The first kappa shape index (κ1) is 16.7. The van der Waals surface area contributed by atoms with E-state index in [0.717, 1.165) is 0 Å². The van der Waals surface area contributed by atoms with Crippen molar-refractivity contribution in [3.8, 4) is 0 Å². The number of carbonyl (C=O) groups is 3. The highest BCUT2D eigenvalue weighted by Gasteiger charge is 2.15. The molecule has 0 unspecified atom stereocenters. The molecule has 0 spiro atoms. The van der Waals surface area contributed by atoms with E-state index < -0.39 is 5.97 Å². The Labute approximate surface area is 123 Å². The van der Waals surface area contributed by atoms with E-state index in [0.29, 0.717) is 11.3 Å². The van der Waals surface area contributed by atoms with Crippen LogP contribution in [0.1, 0.15) is 44.0 Å². The molecule has 1 aromatic rings. The molecule has 0 atom stereocenters. The molecule has 0 fully saturated rings. The third-order valence-electron chi connectivity index (χ3n) is 2.49. The number of carboxylic acid groups (broad SMARTS) is 1. The maximum Gasteiger partial charge on any atom is 0.303 e. The van der Waals surface area contributed by atoms with E-state index in [4.69, 9.17) is 5.11 Å². The van der Waals surface area contributed by atoms with Crippen molar-refractivity contribution in [1.29, 1.82) is 0 Å². The molecule has 0 aliphatic carbocycles. The minimum Gasteiger partial charge on any atom is -0.481 e. The third kappa shape index (κ3) is 6.56. The summed E-state index contributed by atoms with van der Waals surface area (Å²) in [6.45, 7) is 5.67. The summed E-state index contributed by atoms with van der Waals surface area (Å²) >= 11 is 0. The lowest BCUT2D eigenvalue weighted by molar-refractivity contribution is -0.138. The van der Waals surface area contributed by atoms with Crippen molar-refractivity contribution in [2.45, 2.75) is 39.2 Å². The van der Waals surface area contributed by atoms with Crippen LogP contribution in [0.4, 0.5) is 5.69 Å². The van der Waals surface area contributed by atoms with Crippen LogP contribution >= 0.6 is 0 Å². The highest BCUT2D eigenvalue weighted by atomic mass is 16.4. The van der Waals surface area contributed by atoms with Gasteiger partial charge in [0, 0.05) is 23.2 Å². The van der Waals surface area contributed by atoms with Crippen molar-refractivity contribution in [2.24, 2.45) is 0 Å². The van der Waals surface area contributed by atoms with Gasteiger partial charge in [-0.2, -0.15) is 0 Å². The molecule has 0 radical (unpaired) electrons. The molecule has 0 saturated carbocycles. The highest BCUT2D eigenvalue weighted by Crippen LogP contribution is 2.11. The van der Waals surface area contributed by atoms with Gasteiger partial charge in [-0.25, -0.2) is 0 Å². The Kier molecular flexibility index (Phi) is 5.46. The molecule has 1 rings (SSSR count). The fraction of sp³-hybridized carbons (Fsp3) is 0.400. The summed E-state index contributed by atoms with van der Waals surface area (Å²) in [7, 11) is 0. The van der Waals surface area contributed by atoms with Crippen LogP contribution in [0.3, 0.4) is 0 Å². The van der Waals surface area contributed by atoms with Crippen LogP contribution in [0.25, 0.3) is 0 Å². The third-order valence-corrected chi connectivity index (χ3v) is 2.49. The molecule has 0 aliphatic heterocycles. The average molecular weight is 292 g/mol. The molecule has 6 nitrogen and oxygen atoms in total. The Hall–Kier alpha value is -2.37. The summed E-state index contributed by atoms with van der Waals surface area (Å²) in [6, 6.07) is 6.42. The Bertz CT molecular complexity index is 530. The van der Waals surface area contributed by atoms with E-state index in [-0.39, 0.29) is 30.2 Å². The Morgan fingerprint density at radius 1 is 1.05 bits per heavy atom. The van der Waals surface area contributed by atoms with Crippen molar-refractivity contribution in [1.82, 2.24) is 5.32 Å². The van der Waals surface area contributed by atoms with E-state index in [2.05, 4.69) is 10.6 Å². The van der Waals surface area contributed by atoms with Crippen molar-refractivity contribution in [2.75, 3.05) is 5.32 Å². The van der Waals surface area contributed by atoms with Crippen molar-refractivity contribution in [3.05, 3.63) is 29.8 Å². The predicted octanol–water partition coefficient (Wildman–Crippen LogP) is 2.02. The molecular weight excluding hydrogens is 272 g/mol. The second-order valence-electron chi connectivity index (χ2n) is 5.72. The molecule has 21 heavy (non-hydrogen) atoms. The largest absolute Gasteiger partial charge is 0.481 e. The molecule has 2 amide bonds. The zero-order valence-electron chi connectivity index (χ0n) is 12.4. The summed E-state index contributed by atoms with van der Waals surface area (Å²) in [5.74, 6) is -1.57. The zero-order chi connectivity index (χ0) is 16.0. The van der Waals surface area contributed by atoms with Gasteiger partial charge in [0.2, 0.25) is 5.91 Å². The molecule has 0 heterocycles. The zero-order valence-corrected chi connectivity index (χ0v) is 12.4. The Morgan fingerprint density at radius 3 is 2.10 bits per heavy atom. The predicted molar refractivity (Wildman–Crippen MR) is 79.2 cm³/mol. The molecule has 0 aromatic heterocycles. The van der Waals surface area contributed by atoms with E-state index in [1.807, 2.05) is 20.8 Å². The number of benzene rings is 1. The van der Waals surface area contributed by atoms with Crippen LogP contribution in [-0.4, -0.2) is 28.4 Å². The van der Waals surface area contributed by atoms with Gasteiger partial charge in [0.05, 0.1) is 6.42 Å². The maximum absolute atomic E-state index is 11.9. The van der Waals surface area contributed by atoms with Gasteiger partial charge in [-0.05, 0) is 45.0 Å². The first-order valence-corrected chi connectivity index (χ1v) is 6.61. The average Bonchev–Trinajstić information content (AvgIpc) is 2.35. The standard InChI is InChI=1S/C15H20N2O4/c1-15(2,3)17-14(21)10-4-6-11(7-5-10)16-12(18)8-9-13(19)20/h4-7H,8-9H2,1-3H3,(H,16,18)(H,17,21)(H,19,20). The van der Waals surface area contributed by atoms with Crippen LogP contribution in [0.15, 0.2) is 24.3 Å². The number of hydrogen-bond acceptors (Lipinski definition) is 3. The second kappa shape index (κ2) is 6.88. The number of rotatable bonds is 5. The summed E-state index contributed by atoms with van der Waals surface area (Å²) < 4.78 is 0. The van der Waals surface area contributed by atoms with Gasteiger partial charge < -0.3 is 15.7 Å². The molecule has 0 aliphatic rings. The van der Waals surface area contributed by atoms with Gasteiger partial charge in [-0.3, -0.25) is 14.4 Å². The van der Waals surface area contributed by atoms with Gasteiger partial charge in [0.25, 0.3) is 5.91 Å². The van der Waals surface area contributed by atoms with Gasteiger partial charge in [-0.15, -0.1) is 0 Å². The minimum atomic E-state index is -1.01. The quantitative estimate of drug-likeness (QED) is 0.773. The SMILES string of the molecule is CC(C)(C)NC(=O)c1ccc(NC(=O)CCC(=O)O)cc1. The van der Waals surface area contributed by atoms with E-state index in [9.17, 15) is 14.4 Å². The van der Waals surface area contributed by atoms with Crippen molar-refractivity contribution < 1.29 is 19.5 Å². The monoisotopic (exact) mass is 292 g/mol. The normalized spacial score (nSPS) is 10.8. The van der Waals surface area contributed by atoms with Crippen LogP contribution in [0.2, 0.25) is 0 Å². The van der Waals surface area contributed by atoms with Crippen molar-refractivity contribution >= 4 is 23.5 Å². The first-order chi connectivity index (χ1) is 9.67. The number of anilines is 1. The van der Waals surface area contributed by atoms with Gasteiger partial charge in [0.15, 0.2) is 0 Å². The minimum absolute atomic E-state index is 0.0818. The van der Waals surface area contributed by atoms with Crippen LogP contribution in [0, 0.1) is 0 Å². The topological polar surface area (TPSA) is 95.5 Å². The van der Waals surface area contributed by atoms with Crippen LogP contribution < -0.4 is 10.6 Å². The van der Waals surface area contributed by atoms with Gasteiger partial charge in [-0.1, -0.05) is 0 Å². The molecule has 0 saturated heterocycles. The fourth-order valence-corrected chi connectivity index (χ4v) is 1.56. The van der Waals surface area contributed by atoms with Crippen LogP contribution in [-0.2, 0) is 9.59 Å². The smallest absolute Gasteiger partial charge is 0.303 e. The highest BCUT2D eigenvalue weighted by molar-refractivity contribution is 5.96. The van der Waals surface area contributed by atoms with E-state index in [1.54, 1.807) is 24.3 Å². The molecule has 3 N–H and O–H groups in total. The fourth-order valence-electron chi connectivity index (χ4n) is 1.56. The molecular formula is C15H20N2O4. The molecule has 6 heteroatoms. The molecule has 0 bridgehead atoms. The van der Waals surface area contributed by atoms with Crippen molar-refractivity contribution in [3.63, 3.8) is 0 Å². The number of carboxylic acids is 1. The number of amides is 2. The number of nitrogens with one attached hydrogen (secondary N) is 2. The van der Waals surface area contributed by atoms with Gasteiger partial charge >= 0.3 is 5.97 Å². The first-order valence-electron chi connectivity index (χ1n) is 6.61. The molecule has 114 valence electrons. The van der Waals surface area contributed by atoms with Crippen LogP contribution in [0.5, 0.6) is 0 Å². The Balaban J connectivity index is 2.60. The number of aliphatic carboxylic acids is 1. The summed E-state index contributed by atoms with van der Waals surface area (Å²) in [5.41, 5.74) is 0.701. The lowest BCUT2D eigenvalue weighted by Gasteiger charge is -2.20. The second-order valence-corrected chi connectivity index (χ2v) is 5.72. The lowest BCUT2D eigenvalue weighted by Crippen LogP contribution is -2.40. The number of carbonyl (C=O) groups excluding carboxylic acids is 2. The lowest BCUT2D eigenvalue weighted by atomic mass is 10.1. The maximum atomic E-state index is 11.9. The Morgan fingerprint density at radius 2 is 1.62 bits per heavy atom.